The molecule has 0 aliphatic carbocycles. The Bertz CT molecular complexity index is 357. The number of benzene rings is 1. The zero-order valence-corrected chi connectivity index (χ0v) is 10.4. The number of unbranched alkanes of at least 4 members (excludes halogenated alkanes) is 2. The van der Waals surface area contributed by atoms with Crippen molar-refractivity contribution in [3.63, 3.8) is 0 Å². The molecule has 92 valence electrons. The number of hydrogen-bond donors (Lipinski definition) is 1. The Labute approximate surface area is 103 Å². The van der Waals surface area contributed by atoms with Gasteiger partial charge in [0, 0.05) is 6.42 Å². The van der Waals surface area contributed by atoms with Crippen molar-refractivity contribution in [2.24, 2.45) is 0 Å². The van der Waals surface area contributed by atoms with Gasteiger partial charge >= 0.3 is 0 Å². The standard InChI is InChI=1S/C14H20N2O/c1-17-14-7-5-6-13(12-14)8-11-16-10-4-2-3-9-15/h5-7,12,16H,2-4,8,10-11H2,1H3. The molecule has 1 N–H and O–H groups in total. The predicted octanol–water partition coefficient (Wildman–Crippen LogP) is 2.52. The van der Waals surface area contributed by atoms with Gasteiger partial charge in [0.2, 0.25) is 0 Å². The Balaban J connectivity index is 2.11. The molecule has 0 saturated heterocycles. The van der Waals surface area contributed by atoms with E-state index in [1.54, 1.807) is 7.11 Å². The first-order valence-electron chi connectivity index (χ1n) is 6.07. The van der Waals surface area contributed by atoms with E-state index in [1.807, 2.05) is 12.1 Å². The smallest absolute Gasteiger partial charge is 0.119 e. The van der Waals surface area contributed by atoms with E-state index in [1.165, 1.54) is 5.56 Å². The topological polar surface area (TPSA) is 45.0 Å². The molecule has 0 atom stereocenters. The van der Waals surface area contributed by atoms with Crippen molar-refractivity contribution in [3.05, 3.63) is 29.8 Å². The molecule has 3 heteroatoms. The number of ether oxygens (including phenoxy) is 1. The molecule has 17 heavy (non-hydrogen) atoms. The van der Waals surface area contributed by atoms with Gasteiger partial charge in [0.15, 0.2) is 0 Å². The van der Waals surface area contributed by atoms with Crippen molar-refractivity contribution in [1.29, 1.82) is 5.26 Å². The number of methoxy groups -OCH3 is 1. The predicted molar refractivity (Wildman–Crippen MR) is 69.0 cm³/mol. The summed E-state index contributed by atoms with van der Waals surface area (Å²) in [5, 5.41) is 11.8. The average Bonchev–Trinajstić information content (AvgIpc) is 2.38. The molecule has 0 radical (unpaired) electrons. The van der Waals surface area contributed by atoms with Crippen LogP contribution in [0.1, 0.15) is 24.8 Å². The average molecular weight is 232 g/mol. The third-order valence-corrected chi connectivity index (χ3v) is 2.62. The molecule has 0 aliphatic rings. The second-order valence-corrected chi connectivity index (χ2v) is 3.97. The van der Waals surface area contributed by atoms with Gasteiger partial charge < -0.3 is 10.1 Å². The molecule has 3 nitrogen and oxygen atoms in total. The lowest BCUT2D eigenvalue weighted by Crippen LogP contribution is -2.18. The maximum atomic E-state index is 8.38. The third kappa shape index (κ3) is 5.94. The van der Waals surface area contributed by atoms with E-state index >= 15 is 0 Å². The van der Waals surface area contributed by atoms with Gasteiger partial charge in [-0.3, -0.25) is 0 Å². The van der Waals surface area contributed by atoms with Gasteiger partial charge in [-0.25, -0.2) is 0 Å². The van der Waals surface area contributed by atoms with E-state index < -0.39 is 0 Å². The summed E-state index contributed by atoms with van der Waals surface area (Å²) >= 11 is 0. The SMILES string of the molecule is COc1cccc(CCNCCCCC#N)c1. The largest absolute Gasteiger partial charge is 0.497 e. The molecule has 0 aliphatic heterocycles. The maximum absolute atomic E-state index is 8.38. The molecule has 0 amide bonds. The molecule has 0 unspecified atom stereocenters. The summed E-state index contributed by atoms with van der Waals surface area (Å²) in [5.41, 5.74) is 1.29. The van der Waals surface area contributed by atoms with E-state index in [-0.39, 0.29) is 0 Å². The van der Waals surface area contributed by atoms with Gasteiger partial charge in [-0.15, -0.1) is 0 Å². The minimum atomic E-state index is 0.664. The molecule has 0 fully saturated rings. The first-order valence-corrected chi connectivity index (χ1v) is 6.07. The highest BCUT2D eigenvalue weighted by molar-refractivity contribution is 5.28. The van der Waals surface area contributed by atoms with E-state index in [4.69, 9.17) is 10.00 Å². The quantitative estimate of drug-likeness (QED) is 0.700. The van der Waals surface area contributed by atoms with Gasteiger partial charge in [-0.2, -0.15) is 5.26 Å². The van der Waals surface area contributed by atoms with E-state index in [2.05, 4.69) is 23.5 Å². The lowest BCUT2D eigenvalue weighted by molar-refractivity contribution is 0.414. The van der Waals surface area contributed by atoms with Crippen molar-refractivity contribution in [2.45, 2.75) is 25.7 Å². The van der Waals surface area contributed by atoms with Gasteiger partial charge in [-0.1, -0.05) is 12.1 Å². The van der Waals surface area contributed by atoms with Gasteiger partial charge in [0.1, 0.15) is 5.75 Å². The van der Waals surface area contributed by atoms with Crippen LogP contribution in [-0.4, -0.2) is 20.2 Å². The van der Waals surface area contributed by atoms with E-state index in [9.17, 15) is 0 Å². The lowest BCUT2D eigenvalue weighted by atomic mass is 10.1. The number of nitrogens with one attached hydrogen (secondary N) is 1. The van der Waals surface area contributed by atoms with Crippen LogP contribution in [0.3, 0.4) is 0 Å². The lowest BCUT2D eigenvalue weighted by Gasteiger charge is -2.06. The zero-order chi connectivity index (χ0) is 12.3. The van der Waals surface area contributed by atoms with Crippen molar-refractivity contribution in [1.82, 2.24) is 5.32 Å². The summed E-state index contributed by atoms with van der Waals surface area (Å²) in [7, 11) is 1.69. The highest BCUT2D eigenvalue weighted by Gasteiger charge is 1.95. The monoisotopic (exact) mass is 232 g/mol. The molecule has 0 saturated carbocycles. The summed E-state index contributed by atoms with van der Waals surface area (Å²) in [5.74, 6) is 0.913. The summed E-state index contributed by atoms with van der Waals surface area (Å²) < 4.78 is 5.18. The Morgan fingerprint density at radius 3 is 2.94 bits per heavy atom. The Morgan fingerprint density at radius 2 is 2.18 bits per heavy atom. The molecule has 0 spiro atoms. The molecule has 0 aromatic heterocycles. The molecular weight excluding hydrogens is 212 g/mol. The van der Waals surface area contributed by atoms with Crippen molar-refractivity contribution in [2.75, 3.05) is 20.2 Å². The van der Waals surface area contributed by atoms with E-state index in [0.29, 0.717) is 6.42 Å². The maximum Gasteiger partial charge on any atom is 0.119 e. The van der Waals surface area contributed by atoms with Crippen LogP contribution in [-0.2, 0) is 6.42 Å². The van der Waals surface area contributed by atoms with Crippen LogP contribution in [0.4, 0.5) is 0 Å². The van der Waals surface area contributed by atoms with Gasteiger partial charge in [0.25, 0.3) is 0 Å². The summed E-state index contributed by atoms with van der Waals surface area (Å²) in [4.78, 5) is 0. The molecular formula is C14H20N2O. The number of hydrogen-bond acceptors (Lipinski definition) is 3. The van der Waals surface area contributed by atoms with Gasteiger partial charge in [-0.05, 0) is 50.0 Å². The number of nitrogens with zero attached hydrogens (tertiary/aromatic N) is 1. The molecule has 1 aromatic carbocycles. The second kappa shape index (κ2) is 8.60. The second-order valence-electron chi connectivity index (χ2n) is 3.97. The van der Waals surface area contributed by atoms with Crippen LogP contribution < -0.4 is 10.1 Å². The number of nitriles is 1. The third-order valence-electron chi connectivity index (χ3n) is 2.62. The molecule has 1 rings (SSSR count). The van der Waals surface area contributed by atoms with Crippen LogP contribution in [0.5, 0.6) is 5.75 Å². The normalized spacial score (nSPS) is 9.88. The minimum Gasteiger partial charge on any atom is -0.497 e. The summed E-state index contributed by atoms with van der Waals surface area (Å²) in [6, 6.07) is 10.3. The Kier molecular flexibility index (Phi) is 6.85. The van der Waals surface area contributed by atoms with Crippen LogP contribution >= 0.6 is 0 Å². The van der Waals surface area contributed by atoms with Crippen molar-refractivity contribution >= 4 is 0 Å². The van der Waals surface area contributed by atoms with Crippen LogP contribution in [0.25, 0.3) is 0 Å². The first-order chi connectivity index (χ1) is 8.36. The highest BCUT2D eigenvalue weighted by Crippen LogP contribution is 2.12. The fraction of sp³-hybridized carbons (Fsp3) is 0.500. The molecule has 1 aromatic rings. The number of rotatable bonds is 8. The van der Waals surface area contributed by atoms with E-state index in [0.717, 1.165) is 38.1 Å². The van der Waals surface area contributed by atoms with Crippen LogP contribution in [0.2, 0.25) is 0 Å². The first kappa shape index (κ1) is 13.5. The summed E-state index contributed by atoms with van der Waals surface area (Å²) in [6.45, 7) is 1.96. The molecule has 0 heterocycles. The Hall–Kier alpha value is -1.53. The van der Waals surface area contributed by atoms with Gasteiger partial charge in [0.05, 0.1) is 13.2 Å². The van der Waals surface area contributed by atoms with Crippen molar-refractivity contribution in [3.8, 4) is 11.8 Å². The highest BCUT2D eigenvalue weighted by atomic mass is 16.5. The fourth-order valence-corrected chi connectivity index (χ4v) is 1.64. The zero-order valence-electron chi connectivity index (χ0n) is 10.4. The molecule has 0 bridgehead atoms. The van der Waals surface area contributed by atoms with Crippen LogP contribution in [0.15, 0.2) is 24.3 Å². The summed E-state index contributed by atoms with van der Waals surface area (Å²) in [6.07, 6.45) is 3.74. The van der Waals surface area contributed by atoms with Crippen molar-refractivity contribution < 1.29 is 4.74 Å². The fourth-order valence-electron chi connectivity index (χ4n) is 1.64. The Morgan fingerprint density at radius 1 is 1.29 bits per heavy atom. The van der Waals surface area contributed by atoms with Crippen LogP contribution in [0, 0.1) is 11.3 Å². The minimum absolute atomic E-state index is 0.664.